The van der Waals surface area contributed by atoms with Crippen molar-refractivity contribution in [3.8, 4) is 0 Å². The van der Waals surface area contributed by atoms with Crippen LogP contribution in [-0.2, 0) is 0 Å². The summed E-state index contributed by atoms with van der Waals surface area (Å²) in [6.07, 6.45) is 3.54. The molecule has 0 radical (unpaired) electrons. The highest BCUT2D eigenvalue weighted by Crippen LogP contribution is 1.83. The summed E-state index contributed by atoms with van der Waals surface area (Å²) in [5.74, 6) is 0. The monoisotopic (exact) mass is 218 g/mol. The maximum absolute atomic E-state index is 4.84. The first-order valence-electron chi connectivity index (χ1n) is 2.00. The molecule has 0 fully saturated rings. The minimum absolute atomic E-state index is 0.00974. The molecule has 3 heteroatoms. The molecular formula is C4H3IMgO. The number of halogens is 1. The summed E-state index contributed by atoms with van der Waals surface area (Å²) in [5, 5.41) is 0. The van der Waals surface area contributed by atoms with Crippen LogP contribution in [0.25, 0.3) is 0 Å². The van der Waals surface area contributed by atoms with E-state index in [2.05, 4.69) is 18.9 Å². The van der Waals surface area contributed by atoms with Gasteiger partial charge in [0.25, 0.3) is 0 Å². The Labute approximate surface area is 61.6 Å². The maximum atomic E-state index is 4.84. The molecule has 1 rings (SSSR count). The maximum Gasteiger partial charge on any atom is 0.507 e. The SMILES string of the molecule is [I][Mg][c]1ccoc1. The Bertz CT molecular complexity index is 126. The summed E-state index contributed by atoms with van der Waals surface area (Å²) in [4.78, 5) is 0. The number of hydrogen-bond acceptors (Lipinski definition) is 1. The molecule has 0 unspecified atom stereocenters. The lowest BCUT2D eigenvalue weighted by Crippen LogP contribution is -2.01. The third kappa shape index (κ3) is 1.62. The summed E-state index contributed by atoms with van der Waals surface area (Å²) < 4.78 is 6.22. The lowest BCUT2D eigenvalue weighted by molar-refractivity contribution is 0.569. The van der Waals surface area contributed by atoms with Gasteiger partial charge >= 0.3 is 16.5 Å². The van der Waals surface area contributed by atoms with Gasteiger partial charge in [-0.15, -0.1) is 3.69 Å². The van der Waals surface area contributed by atoms with Gasteiger partial charge in [-0.25, -0.2) is 0 Å². The topological polar surface area (TPSA) is 13.1 Å². The molecule has 1 aromatic rings. The molecule has 1 heterocycles. The molecule has 0 aromatic carbocycles. The summed E-state index contributed by atoms with van der Waals surface area (Å²) in [6.45, 7) is 0. The van der Waals surface area contributed by atoms with Crippen LogP contribution < -0.4 is 3.69 Å². The fourth-order valence-electron chi connectivity index (χ4n) is 0.369. The van der Waals surface area contributed by atoms with Crippen molar-refractivity contribution in [1.29, 1.82) is 0 Å². The zero-order chi connectivity index (χ0) is 5.11. The van der Waals surface area contributed by atoms with Gasteiger partial charge in [0.15, 0.2) is 0 Å². The Kier molecular flexibility index (Phi) is 2.48. The Morgan fingerprint density at radius 3 is 2.86 bits per heavy atom. The Morgan fingerprint density at radius 2 is 2.57 bits per heavy atom. The molecule has 34 valence electrons. The van der Waals surface area contributed by atoms with Crippen LogP contribution in [0.5, 0.6) is 0 Å². The first-order chi connectivity index (χ1) is 3.43. The van der Waals surface area contributed by atoms with Crippen molar-refractivity contribution in [1.82, 2.24) is 0 Å². The molecule has 0 spiro atoms. The zero-order valence-electron chi connectivity index (χ0n) is 3.73. The second kappa shape index (κ2) is 2.94. The minimum atomic E-state index is 0.00974. The van der Waals surface area contributed by atoms with E-state index >= 15 is 0 Å². The molecule has 0 aliphatic carbocycles. The van der Waals surface area contributed by atoms with Crippen molar-refractivity contribution in [3.05, 3.63) is 18.6 Å². The Hall–Kier alpha value is 0.776. The van der Waals surface area contributed by atoms with E-state index in [1.54, 1.807) is 6.26 Å². The van der Waals surface area contributed by atoms with Crippen LogP contribution in [0.3, 0.4) is 0 Å². The number of furan rings is 1. The first-order valence-corrected chi connectivity index (χ1v) is 7.82. The number of rotatable bonds is 1. The van der Waals surface area contributed by atoms with Crippen molar-refractivity contribution >= 4 is 39.0 Å². The second-order valence-corrected chi connectivity index (χ2v) is 4.64. The van der Waals surface area contributed by atoms with Gasteiger partial charge in [0.2, 0.25) is 0 Å². The largest absolute Gasteiger partial charge is 0.507 e. The van der Waals surface area contributed by atoms with Gasteiger partial charge in [0, 0.05) is 0 Å². The molecule has 0 N–H and O–H groups in total. The highest BCUT2D eigenvalue weighted by atomic mass is 127. The van der Waals surface area contributed by atoms with E-state index in [1.807, 2.05) is 12.3 Å². The lowest BCUT2D eigenvalue weighted by atomic mass is 10.7. The quantitative estimate of drug-likeness (QED) is 0.505. The number of hydrogen-bond donors (Lipinski definition) is 0. The van der Waals surface area contributed by atoms with Gasteiger partial charge < -0.3 is 4.42 Å². The van der Waals surface area contributed by atoms with Gasteiger partial charge in [-0.05, 0) is 6.07 Å². The molecule has 0 saturated heterocycles. The predicted molar refractivity (Wildman–Crippen MR) is 38.1 cm³/mol. The summed E-state index contributed by atoms with van der Waals surface area (Å²) in [7, 11) is 0. The van der Waals surface area contributed by atoms with E-state index in [1.165, 1.54) is 3.69 Å². The highest BCUT2D eigenvalue weighted by molar-refractivity contribution is 14.1. The molecular weight excluding hydrogens is 215 g/mol. The van der Waals surface area contributed by atoms with Gasteiger partial charge in [-0.2, -0.15) is 0 Å². The average molecular weight is 218 g/mol. The fourth-order valence-corrected chi connectivity index (χ4v) is 2.02. The lowest BCUT2D eigenvalue weighted by Gasteiger charge is -1.71. The van der Waals surface area contributed by atoms with Crippen molar-refractivity contribution < 1.29 is 4.42 Å². The van der Waals surface area contributed by atoms with Gasteiger partial charge in [0.1, 0.15) is 0 Å². The smallest absolute Gasteiger partial charge is 0.475 e. The molecule has 0 aliphatic heterocycles. The van der Waals surface area contributed by atoms with Crippen LogP contribution in [0, 0.1) is 0 Å². The normalized spacial score (nSPS) is 8.14. The fraction of sp³-hybridized carbons (Fsp3) is 0. The van der Waals surface area contributed by atoms with Crippen molar-refractivity contribution in [2.24, 2.45) is 0 Å². The molecule has 1 aromatic heterocycles. The average Bonchev–Trinajstić information content (AvgIpc) is 2.14. The van der Waals surface area contributed by atoms with Crippen molar-refractivity contribution in [2.45, 2.75) is 0 Å². The van der Waals surface area contributed by atoms with E-state index in [-0.39, 0.29) is 16.5 Å². The molecule has 0 aliphatic rings. The summed E-state index contributed by atoms with van der Waals surface area (Å²) in [6, 6.07) is 2.03. The first kappa shape index (κ1) is 5.90. The molecule has 7 heavy (non-hydrogen) atoms. The third-order valence-electron chi connectivity index (χ3n) is 0.734. The van der Waals surface area contributed by atoms with Gasteiger partial charge in [-0.3, -0.25) is 18.9 Å². The van der Waals surface area contributed by atoms with Crippen LogP contribution in [0.2, 0.25) is 0 Å². The van der Waals surface area contributed by atoms with Crippen LogP contribution in [-0.4, -0.2) is 16.5 Å². The second-order valence-electron chi connectivity index (χ2n) is 1.27. The van der Waals surface area contributed by atoms with E-state index in [0.29, 0.717) is 0 Å². The molecule has 0 atom stereocenters. The van der Waals surface area contributed by atoms with Crippen LogP contribution in [0.4, 0.5) is 0 Å². The summed E-state index contributed by atoms with van der Waals surface area (Å²) >= 11 is 2.44. The van der Waals surface area contributed by atoms with Crippen molar-refractivity contribution in [3.63, 3.8) is 0 Å². The van der Waals surface area contributed by atoms with Crippen molar-refractivity contribution in [2.75, 3.05) is 0 Å². The minimum Gasteiger partial charge on any atom is -0.475 e. The van der Waals surface area contributed by atoms with Crippen LogP contribution in [0.1, 0.15) is 0 Å². The van der Waals surface area contributed by atoms with E-state index in [9.17, 15) is 0 Å². The molecule has 0 bridgehead atoms. The highest BCUT2D eigenvalue weighted by Gasteiger charge is 1.91. The zero-order valence-corrected chi connectivity index (χ0v) is 7.30. The third-order valence-corrected chi connectivity index (χ3v) is 4.09. The van der Waals surface area contributed by atoms with E-state index in [0.717, 1.165) is 0 Å². The Morgan fingerprint density at radius 1 is 1.71 bits per heavy atom. The van der Waals surface area contributed by atoms with Crippen LogP contribution >= 0.6 is 18.9 Å². The molecule has 1 nitrogen and oxygen atoms in total. The van der Waals surface area contributed by atoms with Crippen LogP contribution in [0.15, 0.2) is 23.0 Å². The predicted octanol–water partition coefficient (Wildman–Crippen LogP) is 0.959. The Balaban J connectivity index is 2.76. The summed E-state index contributed by atoms with van der Waals surface area (Å²) in [5.41, 5.74) is 0. The van der Waals surface area contributed by atoms with Gasteiger partial charge in [-0.1, -0.05) is 0 Å². The molecule has 0 amide bonds. The standard InChI is InChI=1S/C4H3O.HI.Mg/c1-2-4-5-3-1;;/h1,3-4H;1H;/q;;+1/p-1. The van der Waals surface area contributed by atoms with E-state index in [4.69, 9.17) is 4.42 Å². The van der Waals surface area contributed by atoms with E-state index < -0.39 is 0 Å². The molecule has 0 saturated carbocycles. The van der Waals surface area contributed by atoms with Gasteiger partial charge in [0.05, 0.1) is 12.5 Å².